The molecule has 2 saturated heterocycles. The highest BCUT2D eigenvalue weighted by atomic mass is 16.4. The van der Waals surface area contributed by atoms with Crippen molar-refractivity contribution in [1.82, 2.24) is 15.1 Å². The van der Waals surface area contributed by atoms with Crippen LogP contribution in [0.1, 0.15) is 43.2 Å². The molecule has 0 aliphatic carbocycles. The Morgan fingerprint density at radius 2 is 1.48 bits per heavy atom. The van der Waals surface area contributed by atoms with Crippen molar-refractivity contribution in [3.05, 3.63) is 83.9 Å². The monoisotopic (exact) mass is 570 g/mol. The molecule has 220 valence electrons. The number of carboxylic acids is 1. The molecule has 0 saturated carbocycles. The van der Waals surface area contributed by atoms with Crippen LogP contribution in [0.15, 0.2) is 72.8 Å². The van der Waals surface area contributed by atoms with Crippen LogP contribution in [-0.2, 0) is 32.0 Å². The van der Waals surface area contributed by atoms with Crippen LogP contribution in [0.2, 0.25) is 0 Å². The number of nitrogens with two attached hydrogens (primary N) is 1. The Morgan fingerprint density at radius 3 is 2.21 bits per heavy atom. The summed E-state index contributed by atoms with van der Waals surface area (Å²) in [5.41, 5.74) is 8.27. The molecule has 0 aromatic heterocycles. The second-order valence-electron chi connectivity index (χ2n) is 11.4. The lowest BCUT2D eigenvalue weighted by atomic mass is 10.0. The van der Waals surface area contributed by atoms with Gasteiger partial charge in [0.25, 0.3) is 0 Å². The van der Waals surface area contributed by atoms with Crippen molar-refractivity contribution in [3.8, 4) is 0 Å². The molecular weight excluding hydrogens is 532 g/mol. The summed E-state index contributed by atoms with van der Waals surface area (Å²) >= 11 is 0. The summed E-state index contributed by atoms with van der Waals surface area (Å²) in [5.74, 6) is -1.86. The third-order valence-corrected chi connectivity index (χ3v) is 8.34. The van der Waals surface area contributed by atoms with E-state index >= 15 is 0 Å². The first-order chi connectivity index (χ1) is 20.3. The molecular formula is C33H38N4O5. The van der Waals surface area contributed by atoms with Gasteiger partial charge < -0.3 is 26.0 Å². The van der Waals surface area contributed by atoms with Gasteiger partial charge in [0, 0.05) is 19.1 Å². The van der Waals surface area contributed by atoms with E-state index in [0.29, 0.717) is 51.6 Å². The number of nitrogens with one attached hydrogen (secondary N) is 1. The van der Waals surface area contributed by atoms with Gasteiger partial charge in [-0.2, -0.15) is 0 Å². The molecule has 0 bridgehead atoms. The first kappa shape index (κ1) is 29.3. The van der Waals surface area contributed by atoms with Crippen molar-refractivity contribution < 1.29 is 24.3 Å². The van der Waals surface area contributed by atoms with Crippen molar-refractivity contribution in [2.24, 2.45) is 5.73 Å². The Bertz CT molecular complexity index is 1440. The zero-order valence-corrected chi connectivity index (χ0v) is 23.7. The van der Waals surface area contributed by atoms with Gasteiger partial charge in [-0.25, -0.2) is 0 Å². The summed E-state index contributed by atoms with van der Waals surface area (Å²) in [4.78, 5) is 55.3. The highest BCUT2D eigenvalue weighted by molar-refractivity contribution is 5.94. The van der Waals surface area contributed by atoms with Crippen molar-refractivity contribution in [1.29, 1.82) is 0 Å². The third kappa shape index (κ3) is 6.79. The highest BCUT2D eigenvalue weighted by Crippen LogP contribution is 2.26. The molecule has 2 heterocycles. The first-order valence-electron chi connectivity index (χ1n) is 14.7. The maximum Gasteiger partial charge on any atom is 0.305 e. The maximum absolute atomic E-state index is 13.8. The normalized spacial score (nSPS) is 19.9. The lowest BCUT2D eigenvalue weighted by Gasteiger charge is -2.32. The van der Waals surface area contributed by atoms with Crippen molar-refractivity contribution in [2.75, 3.05) is 13.1 Å². The van der Waals surface area contributed by atoms with E-state index in [1.165, 1.54) is 0 Å². The van der Waals surface area contributed by atoms with Crippen LogP contribution in [0.5, 0.6) is 0 Å². The number of carbonyl (C=O) groups excluding carboxylic acids is 3. The zero-order valence-electron chi connectivity index (χ0n) is 23.7. The lowest BCUT2D eigenvalue weighted by Crippen LogP contribution is -2.56. The summed E-state index contributed by atoms with van der Waals surface area (Å²) < 4.78 is 0. The number of fused-ring (bicyclic) bond motifs is 1. The second kappa shape index (κ2) is 13.2. The van der Waals surface area contributed by atoms with E-state index in [0.717, 1.165) is 21.9 Å². The number of hydrogen-bond acceptors (Lipinski definition) is 5. The minimum atomic E-state index is -1.00. The average Bonchev–Trinajstić information content (AvgIpc) is 3.67. The van der Waals surface area contributed by atoms with Crippen LogP contribution >= 0.6 is 0 Å². The van der Waals surface area contributed by atoms with Crippen LogP contribution in [-0.4, -0.2) is 75.9 Å². The lowest BCUT2D eigenvalue weighted by molar-refractivity contribution is -0.147. The SMILES string of the molecule is NC(Cc1ccc2ccccc2c1)C(=O)N1CCCC1C(=O)N1CCCC1C(=O)NC(CC(=O)O)Cc1ccccc1. The van der Waals surface area contributed by atoms with Crippen LogP contribution in [0, 0.1) is 0 Å². The minimum absolute atomic E-state index is 0.221. The largest absolute Gasteiger partial charge is 0.481 e. The second-order valence-corrected chi connectivity index (χ2v) is 11.4. The number of nitrogens with zero attached hydrogens (tertiary/aromatic N) is 2. The number of carboxylic acid groups (broad SMARTS) is 1. The van der Waals surface area contributed by atoms with Crippen molar-refractivity contribution in [3.63, 3.8) is 0 Å². The van der Waals surface area contributed by atoms with Gasteiger partial charge in [-0.05, 0) is 60.4 Å². The molecule has 9 nitrogen and oxygen atoms in total. The molecule has 2 aliphatic heterocycles. The molecule has 3 amide bonds. The minimum Gasteiger partial charge on any atom is -0.481 e. The Hall–Kier alpha value is -4.24. The molecule has 9 heteroatoms. The van der Waals surface area contributed by atoms with Crippen LogP contribution in [0.25, 0.3) is 10.8 Å². The standard InChI is InChI=1S/C33H38N4O5/c34-27(20-23-14-15-24-10-4-5-11-25(24)18-23)32(41)37-17-7-13-29(37)33(42)36-16-6-12-28(36)31(40)35-26(21-30(38)39)19-22-8-2-1-3-9-22/h1-5,8-11,14-15,18,26-29H,6-7,12-13,16-17,19-21,34H2,(H,35,40)(H,38,39). The fourth-order valence-electron chi connectivity index (χ4n) is 6.28. The Balaban J connectivity index is 1.23. The van der Waals surface area contributed by atoms with E-state index in [1.54, 1.807) is 9.80 Å². The number of hydrogen-bond donors (Lipinski definition) is 3. The Morgan fingerprint density at radius 1 is 0.810 bits per heavy atom. The maximum atomic E-state index is 13.8. The molecule has 0 radical (unpaired) electrons. The number of benzene rings is 3. The number of amides is 3. The highest BCUT2D eigenvalue weighted by Gasteiger charge is 2.43. The quantitative estimate of drug-likeness (QED) is 0.343. The molecule has 3 aromatic carbocycles. The molecule has 5 rings (SSSR count). The number of aliphatic carboxylic acids is 1. The third-order valence-electron chi connectivity index (χ3n) is 8.34. The molecule has 2 aliphatic rings. The summed E-state index contributed by atoms with van der Waals surface area (Å²) in [6.07, 6.45) is 2.88. The predicted molar refractivity (Wildman–Crippen MR) is 159 cm³/mol. The van der Waals surface area contributed by atoms with Gasteiger partial charge in [-0.15, -0.1) is 0 Å². The summed E-state index contributed by atoms with van der Waals surface area (Å²) in [5, 5.41) is 14.5. The Labute approximate surface area is 245 Å². The molecule has 2 fully saturated rings. The van der Waals surface area contributed by atoms with Gasteiger partial charge >= 0.3 is 5.97 Å². The molecule has 42 heavy (non-hydrogen) atoms. The van der Waals surface area contributed by atoms with Crippen LogP contribution < -0.4 is 11.1 Å². The van der Waals surface area contributed by atoms with Gasteiger partial charge in [0.05, 0.1) is 12.5 Å². The molecule has 4 unspecified atom stereocenters. The van der Waals surface area contributed by atoms with Gasteiger partial charge in [-0.1, -0.05) is 72.8 Å². The molecule has 3 aromatic rings. The topological polar surface area (TPSA) is 133 Å². The molecule has 0 spiro atoms. The fourth-order valence-corrected chi connectivity index (χ4v) is 6.28. The van der Waals surface area contributed by atoms with Crippen molar-refractivity contribution in [2.45, 2.75) is 69.1 Å². The fraction of sp³-hybridized carbons (Fsp3) is 0.394. The van der Waals surface area contributed by atoms with E-state index in [2.05, 4.69) is 5.32 Å². The number of rotatable bonds is 10. The van der Waals surface area contributed by atoms with Crippen LogP contribution in [0.4, 0.5) is 0 Å². The summed E-state index contributed by atoms with van der Waals surface area (Å²) in [7, 11) is 0. The Kier molecular flexibility index (Phi) is 9.17. The van der Waals surface area contributed by atoms with Gasteiger partial charge in [0.15, 0.2) is 0 Å². The predicted octanol–water partition coefficient (Wildman–Crippen LogP) is 2.89. The zero-order chi connectivity index (χ0) is 29.6. The van der Waals surface area contributed by atoms with Gasteiger partial charge in [0.2, 0.25) is 17.7 Å². The van der Waals surface area contributed by atoms with Crippen LogP contribution in [0.3, 0.4) is 0 Å². The van der Waals surface area contributed by atoms with Gasteiger partial charge in [-0.3, -0.25) is 19.2 Å². The smallest absolute Gasteiger partial charge is 0.305 e. The average molecular weight is 571 g/mol. The van der Waals surface area contributed by atoms with E-state index in [-0.39, 0.29) is 24.1 Å². The first-order valence-corrected chi connectivity index (χ1v) is 14.7. The summed E-state index contributed by atoms with van der Waals surface area (Å²) in [6, 6.07) is 20.7. The van der Waals surface area contributed by atoms with E-state index < -0.39 is 30.1 Å². The van der Waals surface area contributed by atoms with E-state index in [4.69, 9.17) is 5.73 Å². The summed E-state index contributed by atoms with van der Waals surface area (Å²) in [6.45, 7) is 0.865. The molecule has 4 N–H and O–H groups in total. The van der Waals surface area contributed by atoms with E-state index in [9.17, 15) is 24.3 Å². The number of carbonyl (C=O) groups is 4. The van der Waals surface area contributed by atoms with E-state index in [1.807, 2.05) is 72.8 Å². The number of likely N-dealkylation sites (tertiary alicyclic amines) is 2. The molecule has 4 atom stereocenters. The van der Waals surface area contributed by atoms with Crippen molar-refractivity contribution >= 4 is 34.5 Å². The van der Waals surface area contributed by atoms with Gasteiger partial charge in [0.1, 0.15) is 12.1 Å².